The van der Waals surface area contributed by atoms with Crippen molar-refractivity contribution >= 4 is 5.91 Å². The number of nitrogens with zero attached hydrogens (tertiary/aromatic N) is 1. The second-order valence-electron chi connectivity index (χ2n) is 7.20. The van der Waals surface area contributed by atoms with Gasteiger partial charge in [-0.3, -0.25) is 4.79 Å². The van der Waals surface area contributed by atoms with Gasteiger partial charge in [0.15, 0.2) is 11.5 Å². The maximum absolute atomic E-state index is 12.4. The maximum atomic E-state index is 12.4. The molecule has 27 heavy (non-hydrogen) atoms. The summed E-state index contributed by atoms with van der Waals surface area (Å²) in [6.45, 7) is 5.62. The van der Waals surface area contributed by atoms with Gasteiger partial charge in [-0.1, -0.05) is 11.2 Å². The first-order valence-electron chi connectivity index (χ1n) is 9.53. The van der Waals surface area contributed by atoms with Crippen LogP contribution in [-0.2, 0) is 11.2 Å². The van der Waals surface area contributed by atoms with Crippen molar-refractivity contribution < 1.29 is 18.8 Å². The normalized spacial score (nSPS) is 15.6. The Hall–Kier alpha value is -2.50. The number of nitrogens with one attached hydrogen (secondary N) is 1. The highest BCUT2D eigenvalue weighted by Gasteiger charge is 2.20. The van der Waals surface area contributed by atoms with E-state index in [9.17, 15) is 4.79 Å². The van der Waals surface area contributed by atoms with Crippen molar-refractivity contribution in [2.45, 2.75) is 65.0 Å². The fraction of sp³-hybridized carbons (Fsp3) is 0.524. The van der Waals surface area contributed by atoms with Gasteiger partial charge in [-0.2, -0.15) is 0 Å². The van der Waals surface area contributed by atoms with E-state index in [1.54, 1.807) is 7.11 Å². The van der Waals surface area contributed by atoms with Gasteiger partial charge in [0.05, 0.1) is 31.4 Å². The first-order chi connectivity index (χ1) is 13.0. The zero-order valence-corrected chi connectivity index (χ0v) is 16.5. The van der Waals surface area contributed by atoms with E-state index in [-0.39, 0.29) is 24.5 Å². The average Bonchev–Trinajstić information content (AvgIpc) is 3.27. The summed E-state index contributed by atoms with van der Waals surface area (Å²) in [5, 5.41) is 6.92. The van der Waals surface area contributed by atoms with Gasteiger partial charge >= 0.3 is 0 Å². The monoisotopic (exact) mass is 372 g/mol. The molecule has 1 atom stereocenters. The maximum Gasteiger partial charge on any atom is 0.225 e. The first kappa shape index (κ1) is 19.3. The van der Waals surface area contributed by atoms with Crippen molar-refractivity contribution in [2.75, 3.05) is 7.11 Å². The van der Waals surface area contributed by atoms with Crippen molar-refractivity contribution in [1.82, 2.24) is 10.5 Å². The molecule has 146 valence electrons. The summed E-state index contributed by atoms with van der Waals surface area (Å²) >= 11 is 0. The minimum absolute atomic E-state index is 0.0675. The molecule has 1 amide bonds. The molecule has 1 fully saturated rings. The number of carbonyl (C=O) groups excluding carboxylic acids is 1. The van der Waals surface area contributed by atoms with Gasteiger partial charge in [0.25, 0.3) is 0 Å². The molecule has 6 nitrogen and oxygen atoms in total. The van der Waals surface area contributed by atoms with E-state index < -0.39 is 0 Å². The molecule has 0 radical (unpaired) electrons. The van der Waals surface area contributed by atoms with Gasteiger partial charge in [0, 0.05) is 5.56 Å². The zero-order chi connectivity index (χ0) is 19.4. The lowest BCUT2D eigenvalue weighted by atomic mass is 10.1. The molecule has 0 spiro atoms. The van der Waals surface area contributed by atoms with E-state index in [1.165, 1.54) is 12.8 Å². The van der Waals surface area contributed by atoms with E-state index >= 15 is 0 Å². The summed E-state index contributed by atoms with van der Waals surface area (Å²) in [5.74, 6) is 2.08. The SMILES string of the molecule is COc1cc([C@@H](C)NC(=O)Cc2c(C)noc2C)ccc1OC1CCCC1. The zero-order valence-electron chi connectivity index (χ0n) is 16.5. The molecule has 1 N–H and O–H groups in total. The number of ether oxygens (including phenoxy) is 2. The molecule has 1 aromatic carbocycles. The summed E-state index contributed by atoms with van der Waals surface area (Å²) < 4.78 is 16.7. The molecule has 0 bridgehead atoms. The van der Waals surface area contributed by atoms with Gasteiger partial charge in [-0.05, 0) is 64.2 Å². The Morgan fingerprint density at radius 2 is 2.04 bits per heavy atom. The van der Waals surface area contributed by atoms with Crippen LogP contribution in [0.1, 0.15) is 61.2 Å². The van der Waals surface area contributed by atoms with E-state index in [1.807, 2.05) is 39.0 Å². The molecular weight excluding hydrogens is 344 g/mol. The van der Waals surface area contributed by atoms with Gasteiger partial charge in [0.1, 0.15) is 5.76 Å². The molecule has 1 heterocycles. The Morgan fingerprint density at radius 1 is 1.30 bits per heavy atom. The number of methoxy groups -OCH3 is 1. The van der Waals surface area contributed by atoms with E-state index in [4.69, 9.17) is 14.0 Å². The standard InChI is InChI=1S/C21H28N2O4/c1-13(22-21(24)12-18-14(2)23-27-15(18)3)16-9-10-19(20(11-16)25-4)26-17-7-5-6-8-17/h9-11,13,17H,5-8,12H2,1-4H3,(H,22,24)/t13-/m1/s1. The van der Waals surface area contributed by atoms with Crippen molar-refractivity contribution in [3.05, 3.63) is 40.8 Å². The van der Waals surface area contributed by atoms with Crippen molar-refractivity contribution in [3.8, 4) is 11.5 Å². The second kappa shape index (κ2) is 8.46. The third-order valence-electron chi connectivity index (χ3n) is 5.18. The minimum atomic E-state index is -0.146. The van der Waals surface area contributed by atoms with Crippen LogP contribution in [0.25, 0.3) is 0 Å². The highest BCUT2D eigenvalue weighted by Crippen LogP contribution is 2.33. The van der Waals surface area contributed by atoms with Crippen LogP contribution in [0.15, 0.2) is 22.7 Å². The molecule has 1 aliphatic carbocycles. The van der Waals surface area contributed by atoms with Crippen molar-refractivity contribution in [2.24, 2.45) is 0 Å². The molecule has 1 aromatic heterocycles. The van der Waals surface area contributed by atoms with Gasteiger partial charge in [-0.15, -0.1) is 0 Å². The third kappa shape index (κ3) is 4.62. The molecule has 2 aromatic rings. The summed E-state index contributed by atoms with van der Waals surface area (Å²) in [6, 6.07) is 5.70. The van der Waals surface area contributed by atoms with Crippen LogP contribution in [0.2, 0.25) is 0 Å². The fourth-order valence-corrected chi connectivity index (χ4v) is 3.53. The van der Waals surface area contributed by atoms with E-state index in [0.29, 0.717) is 11.5 Å². The van der Waals surface area contributed by atoms with Crippen LogP contribution in [0.4, 0.5) is 0 Å². The molecule has 0 saturated heterocycles. The van der Waals surface area contributed by atoms with Gasteiger partial charge in [-0.25, -0.2) is 0 Å². The Bertz CT molecular complexity index is 774. The number of benzene rings is 1. The van der Waals surface area contributed by atoms with E-state index in [0.717, 1.165) is 35.4 Å². The van der Waals surface area contributed by atoms with Crippen LogP contribution in [0.3, 0.4) is 0 Å². The van der Waals surface area contributed by atoms with Gasteiger partial charge in [0.2, 0.25) is 5.91 Å². The van der Waals surface area contributed by atoms with Crippen molar-refractivity contribution in [3.63, 3.8) is 0 Å². The predicted octanol–water partition coefficient (Wildman–Crippen LogP) is 4.04. The third-order valence-corrected chi connectivity index (χ3v) is 5.18. The Labute approximate surface area is 160 Å². The second-order valence-corrected chi connectivity index (χ2v) is 7.20. The summed E-state index contributed by atoms with van der Waals surface area (Å²) in [6.07, 6.45) is 5.17. The lowest BCUT2D eigenvalue weighted by Crippen LogP contribution is -2.28. The minimum Gasteiger partial charge on any atom is -0.493 e. The Balaban J connectivity index is 1.65. The number of aromatic nitrogens is 1. The molecule has 1 aliphatic rings. The predicted molar refractivity (Wildman–Crippen MR) is 102 cm³/mol. The molecule has 0 unspecified atom stereocenters. The molecule has 3 rings (SSSR count). The summed E-state index contributed by atoms with van der Waals surface area (Å²) in [4.78, 5) is 12.4. The molecule has 6 heteroatoms. The number of aryl methyl sites for hydroxylation is 2. The number of hydrogen-bond donors (Lipinski definition) is 1. The molecule has 0 aliphatic heterocycles. The lowest BCUT2D eigenvalue weighted by Gasteiger charge is -2.19. The van der Waals surface area contributed by atoms with Crippen LogP contribution in [0, 0.1) is 13.8 Å². The highest BCUT2D eigenvalue weighted by atomic mass is 16.5. The smallest absolute Gasteiger partial charge is 0.225 e. The Kier molecular flexibility index (Phi) is 6.04. The van der Waals surface area contributed by atoms with Crippen LogP contribution in [0.5, 0.6) is 11.5 Å². The van der Waals surface area contributed by atoms with Crippen LogP contribution < -0.4 is 14.8 Å². The summed E-state index contributed by atoms with van der Waals surface area (Å²) in [7, 11) is 1.64. The molecule has 1 saturated carbocycles. The van der Waals surface area contributed by atoms with E-state index in [2.05, 4.69) is 10.5 Å². The van der Waals surface area contributed by atoms with Crippen molar-refractivity contribution in [1.29, 1.82) is 0 Å². The largest absolute Gasteiger partial charge is 0.493 e. The Morgan fingerprint density at radius 3 is 2.67 bits per heavy atom. The first-order valence-corrected chi connectivity index (χ1v) is 9.53. The van der Waals surface area contributed by atoms with Gasteiger partial charge < -0.3 is 19.3 Å². The summed E-state index contributed by atoms with van der Waals surface area (Å²) in [5.41, 5.74) is 2.57. The fourth-order valence-electron chi connectivity index (χ4n) is 3.53. The van der Waals surface area contributed by atoms with Crippen LogP contribution in [-0.4, -0.2) is 24.3 Å². The topological polar surface area (TPSA) is 73.6 Å². The number of carbonyl (C=O) groups is 1. The molecular formula is C21H28N2O4. The quantitative estimate of drug-likeness (QED) is 0.794. The number of hydrogen-bond acceptors (Lipinski definition) is 5. The average molecular weight is 372 g/mol. The number of amides is 1. The highest BCUT2D eigenvalue weighted by molar-refractivity contribution is 5.79. The lowest BCUT2D eigenvalue weighted by molar-refractivity contribution is -0.121. The number of rotatable bonds is 7. The van der Waals surface area contributed by atoms with Crippen LogP contribution >= 0.6 is 0 Å².